The summed E-state index contributed by atoms with van der Waals surface area (Å²) in [7, 11) is 0. The molecular weight excluding hydrogens is 344 g/mol. The molecule has 3 heteroatoms. The first-order valence-corrected chi connectivity index (χ1v) is 10.7. The van der Waals surface area contributed by atoms with Crippen LogP contribution >= 0.6 is 0 Å². The van der Waals surface area contributed by atoms with Gasteiger partial charge in [0.2, 0.25) is 5.91 Å². The summed E-state index contributed by atoms with van der Waals surface area (Å²) in [5, 5.41) is 4.62. The fourth-order valence-electron chi connectivity index (χ4n) is 7.12. The summed E-state index contributed by atoms with van der Waals surface area (Å²) in [5.41, 5.74) is 8.70. The number of hydrazone groups is 1. The van der Waals surface area contributed by atoms with Crippen molar-refractivity contribution in [2.24, 2.45) is 28.3 Å². The van der Waals surface area contributed by atoms with E-state index in [2.05, 4.69) is 46.9 Å². The first-order valence-electron chi connectivity index (χ1n) is 10.7. The van der Waals surface area contributed by atoms with Gasteiger partial charge in [0.25, 0.3) is 0 Å². The lowest BCUT2D eigenvalue weighted by Gasteiger charge is -2.56. The number of nitrogens with one attached hydrogen (secondary N) is 1. The molecule has 0 unspecified atom stereocenters. The molecule has 142 valence electrons. The average Bonchev–Trinajstić information content (AvgIpc) is 2.99. The van der Waals surface area contributed by atoms with Crippen molar-refractivity contribution in [3.05, 3.63) is 59.7 Å². The number of hydrogen-bond acceptors (Lipinski definition) is 2. The molecule has 2 aromatic carbocycles. The Kier molecular flexibility index (Phi) is 3.56. The molecule has 4 fully saturated rings. The van der Waals surface area contributed by atoms with E-state index in [0.29, 0.717) is 6.42 Å². The molecular formula is C25H26N2O. The van der Waals surface area contributed by atoms with Crippen molar-refractivity contribution < 1.29 is 4.79 Å². The number of benzene rings is 2. The fraction of sp³-hybridized carbons (Fsp3) is 0.440. The van der Waals surface area contributed by atoms with Crippen molar-refractivity contribution in [2.45, 2.75) is 44.9 Å². The topological polar surface area (TPSA) is 41.5 Å². The Labute approximate surface area is 166 Å². The molecule has 0 radical (unpaired) electrons. The average molecular weight is 370 g/mol. The van der Waals surface area contributed by atoms with Crippen molar-refractivity contribution in [1.82, 2.24) is 5.43 Å². The summed E-state index contributed by atoms with van der Waals surface area (Å²) >= 11 is 0. The predicted octanol–water partition coefficient (Wildman–Crippen LogP) is 5.14. The molecule has 7 rings (SSSR count). The smallest absolute Gasteiger partial charge is 0.240 e. The van der Waals surface area contributed by atoms with Crippen molar-refractivity contribution in [2.75, 3.05) is 0 Å². The summed E-state index contributed by atoms with van der Waals surface area (Å²) < 4.78 is 0. The molecule has 3 nitrogen and oxygen atoms in total. The maximum absolute atomic E-state index is 12.9. The van der Waals surface area contributed by atoms with Gasteiger partial charge in [-0.1, -0.05) is 48.5 Å². The normalized spacial score (nSPS) is 31.4. The maximum atomic E-state index is 12.9. The van der Waals surface area contributed by atoms with Crippen LogP contribution in [-0.4, -0.2) is 11.6 Å². The van der Waals surface area contributed by atoms with E-state index in [1.54, 1.807) is 0 Å². The first-order chi connectivity index (χ1) is 13.7. The third-order valence-electron chi connectivity index (χ3n) is 7.65. The zero-order chi connectivity index (χ0) is 18.7. The molecule has 1 amide bonds. The lowest BCUT2D eigenvalue weighted by molar-refractivity contribution is -0.129. The molecule has 5 aliphatic rings. The Morgan fingerprint density at radius 3 is 1.79 bits per heavy atom. The maximum Gasteiger partial charge on any atom is 0.240 e. The number of fused-ring (bicyclic) bond motifs is 3. The van der Waals surface area contributed by atoms with Crippen LogP contribution in [0.25, 0.3) is 11.1 Å². The predicted molar refractivity (Wildman–Crippen MR) is 111 cm³/mol. The molecule has 2 aromatic rings. The van der Waals surface area contributed by atoms with Gasteiger partial charge in [-0.25, -0.2) is 5.43 Å². The van der Waals surface area contributed by atoms with Crippen LogP contribution in [0.3, 0.4) is 0 Å². The van der Waals surface area contributed by atoms with Crippen LogP contribution in [0.4, 0.5) is 0 Å². The number of amides is 1. The molecule has 0 heterocycles. The lowest BCUT2D eigenvalue weighted by atomic mass is 9.49. The fourth-order valence-corrected chi connectivity index (χ4v) is 7.12. The van der Waals surface area contributed by atoms with Gasteiger partial charge in [-0.3, -0.25) is 4.79 Å². The Morgan fingerprint density at radius 1 is 0.821 bits per heavy atom. The number of rotatable bonds is 3. The molecule has 4 saturated carbocycles. The molecule has 0 aliphatic heterocycles. The summed E-state index contributed by atoms with van der Waals surface area (Å²) in [6.45, 7) is 0. The quantitative estimate of drug-likeness (QED) is 0.637. The highest BCUT2D eigenvalue weighted by Gasteiger charge is 2.51. The number of carbonyl (C=O) groups is 1. The van der Waals surface area contributed by atoms with Gasteiger partial charge in [0.15, 0.2) is 0 Å². The molecule has 0 aromatic heterocycles. The van der Waals surface area contributed by atoms with Crippen LogP contribution in [0.2, 0.25) is 0 Å². The van der Waals surface area contributed by atoms with Gasteiger partial charge in [0.1, 0.15) is 0 Å². The Morgan fingerprint density at radius 2 is 1.29 bits per heavy atom. The van der Waals surface area contributed by atoms with Crippen LogP contribution in [0.5, 0.6) is 0 Å². The zero-order valence-electron chi connectivity index (χ0n) is 16.2. The minimum Gasteiger partial charge on any atom is -0.273 e. The summed E-state index contributed by atoms with van der Waals surface area (Å²) in [4.78, 5) is 12.9. The molecule has 4 bridgehead atoms. The van der Waals surface area contributed by atoms with E-state index in [1.807, 2.05) is 12.1 Å². The Bertz CT molecular complexity index is 907. The molecule has 1 N–H and O–H groups in total. The van der Waals surface area contributed by atoms with Crippen molar-refractivity contribution in [3.63, 3.8) is 0 Å². The van der Waals surface area contributed by atoms with Gasteiger partial charge in [-0.2, -0.15) is 5.10 Å². The molecule has 28 heavy (non-hydrogen) atoms. The van der Waals surface area contributed by atoms with Crippen LogP contribution in [0.1, 0.15) is 56.1 Å². The zero-order valence-corrected chi connectivity index (χ0v) is 16.2. The monoisotopic (exact) mass is 370 g/mol. The molecule has 0 atom stereocenters. The Balaban J connectivity index is 1.24. The molecule has 0 saturated heterocycles. The van der Waals surface area contributed by atoms with Crippen molar-refractivity contribution >= 4 is 11.6 Å². The molecule has 5 aliphatic carbocycles. The standard InChI is InChI=1S/C25H26N2O/c28-23(15-25-12-16-9-17(13-25)11-18(10-16)14-25)26-27-24-21-7-3-1-5-19(21)20-6-2-4-8-22(20)24/h1-8,16-18H,9-15H2,(H,26,28). The van der Waals surface area contributed by atoms with Crippen LogP contribution < -0.4 is 5.43 Å². The number of nitrogens with zero attached hydrogens (tertiary/aromatic N) is 1. The minimum atomic E-state index is 0.0938. The third-order valence-corrected chi connectivity index (χ3v) is 7.65. The van der Waals surface area contributed by atoms with Crippen molar-refractivity contribution in [3.8, 4) is 11.1 Å². The van der Waals surface area contributed by atoms with E-state index in [4.69, 9.17) is 0 Å². The SMILES string of the molecule is O=C(CC12CC3CC(CC(C3)C1)C2)NN=C1c2ccccc2-c2ccccc21. The number of hydrogen-bond donors (Lipinski definition) is 1. The number of carbonyl (C=O) groups excluding carboxylic acids is 1. The second-order valence-corrected chi connectivity index (χ2v) is 9.68. The summed E-state index contributed by atoms with van der Waals surface area (Å²) in [6, 6.07) is 16.7. The van der Waals surface area contributed by atoms with Gasteiger partial charge in [0, 0.05) is 17.5 Å². The van der Waals surface area contributed by atoms with Crippen LogP contribution in [0.15, 0.2) is 53.6 Å². The van der Waals surface area contributed by atoms with Crippen LogP contribution in [0, 0.1) is 23.2 Å². The highest BCUT2D eigenvalue weighted by molar-refractivity contribution is 6.24. The van der Waals surface area contributed by atoms with E-state index in [0.717, 1.165) is 34.6 Å². The van der Waals surface area contributed by atoms with E-state index < -0.39 is 0 Å². The van der Waals surface area contributed by atoms with E-state index in [1.165, 1.54) is 49.7 Å². The summed E-state index contributed by atoms with van der Waals surface area (Å²) in [5.74, 6) is 2.72. The second kappa shape index (κ2) is 6.04. The van der Waals surface area contributed by atoms with Gasteiger partial charge in [-0.15, -0.1) is 0 Å². The second-order valence-electron chi connectivity index (χ2n) is 9.68. The lowest BCUT2D eigenvalue weighted by Crippen LogP contribution is -2.47. The van der Waals surface area contributed by atoms with E-state index in [-0.39, 0.29) is 11.3 Å². The highest BCUT2D eigenvalue weighted by Crippen LogP contribution is 2.61. The molecule has 0 spiro atoms. The summed E-state index contributed by atoms with van der Waals surface area (Å²) in [6.07, 6.45) is 8.67. The van der Waals surface area contributed by atoms with Crippen LogP contribution in [-0.2, 0) is 4.79 Å². The highest BCUT2D eigenvalue weighted by atomic mass is 16.2. The Hall–Kier alpha value is -2.42. The van der Waals surface area contributed by atoms with Gasteiger partial charge in [0.05, 0.1) is 5.71 Å². The van der Waals surface area contributed by atoms with Gasteiger partial charge >= 0.3 is 0 Å². The third kappa shape index (κ3) is 2.56. The van der Waals surface area contributed by atoms with E-state index in [9.17, 15) is 4.79 Å². The van der Waals surface area contributed by atoms with Gasteiger partial charge in [-0.05, 0) is 72.8 Å². The van der Waals surface area contributed by atoms with Gasteiger partial charge < -0.3 is 0 Å². The minimum absolute atomic E-state index is 0.0938. The van der Waals surface area contributed by atoms with E-state index >= 15 is 0 Å². The largest absolute Gasteiger partial charge is 0.273 e. The van der Waals surface area contributed by atoms with Crippen molar-refractivity contribution in [1.29, 1.82) is 0 Å². The first kappa shape index (κ1) is 16.5.